The number of rotatable bonds is 10. The predicted molar refractivity (Wildman–Crippen MR) is 153 cm³/mol. The minimum atomic E-state index is -0.680. The van der Waals surface area contributed by atoms with Crippen LogP contribution in [-0.2, 0) is 11.3 Å². The first-order valence-electron chi connectivity index (χ1n) is 13.4. The number of carbonyl (C=O) groups is 2. The van der Waals surface area contributed by atoms with Crippen LogP contribution in [0.4, 0.5) is 5.69 Å². The fourth-order valence-corrected chi connectivity index (χ4v) is 6.12. The van der Waals surface area contributed by atoms with Crippen molar-refractivity contribution in [2.45, 2.75) is 57.8 Å². The summed E-state index contributed by atoms with van der Waals surface area (Å²) in [5.74, 6) is -0.969. The fraction of sp³-hybridized carbons (Fsp3) is 0.400. The monoisotopic (exact) mass is 532 g/mol. The van der Waals surface area contributed by atoms with Gasteiger partial charge in [0.1, 0.15) is 0 Å². The van der Waals surface area contributed by atoms with Gasteiger partial charge in [-0.1, -0.05) is 24.3 Å². The lowest BCUT2D eigenvalue weighted by Crippen LogP contribution is -2.51. The highest BCUT2D eigenvalue weighted by Crippen LogP contribution is 2.31. The summed E-state index contributed by atoms with van der Waals surface area (Å²) in [4.78, 5) is 26.8. The number of amides is 1. The fourth-order valence-electron chi connectivity index (χ4n) is 5.17. The lowest BCUT2D eigenvalue weighted by Gasteiger charge is -2.29. The number of carbonyl (C=O) groups excluding carboxylic acids is 1. The second-order valence-electron chi connectivity index (χ2n) is 10.5. The van der Waals surface area contributed by atoms with Crippen molar-refractivity contribution in [3.63, 3.8) is 0 Å². The van der Waals surface area contributed by atoms with Crippen LogP contribution in [0.25, 0.3) is 10.4 Å². The Bertz CT molecular complexity index is 1300. The highest BCUT2D eigenvalue weighted by atomic mass is 32.1. The smallest absolute Gasteiger partial charge is 0.306 e. The van der Waals surface area contributed by atoms with Crippen molar-refractivity contribution in [2.24, 2.45) is 5.92 Å². The molecule has 1 saturated heterocycles. The van der Waals surface area contributed by atoms with Crippen molar-refractivity contribution in [1.29, 1.82) is 0 Å². The van der Waals surface area contributed by atoms with E-state index in [9.17, 15) is 14.7 Å². The van der Waals surface area contributed by atoms with Crippen LogP contribution < -0.4 is 21.3 Å². The van der Waals surface area contributed by atoms with Crippen molar-refractivity contribution < 1.29 is 14.7 Å². The minimum Gasteiger partial charge on any atom is -0.481 e. The van der Waals surface area contributed by atoms with Gasteiger partial charge in [0.05, 0.1) is 18.0 Å². The molecule has 0 radical (unpaired) electrons. The molecule has 2 aromatic carbocycles. The molecule has 3 aromatic rings. The molecular formula is C30H36N4O3S. The summed E-state index contributed by atoms with van der Waals surface area (Å²) in [5, 5.41) is 22.7. The molecule has 1 aromatic heterocycles. The Kier molecular flexibility index (Phi) is 8.12. The van der Waals surface area contributed by atoms with Gasteiger partial charge in [-0.3, -0.25) is 9.59 Å². The standard InChI is InChI=1S/C30H36N4O3S/c1-18-6-8-24(34-25-15-31-16-25)14-27(18)29(35)33-19(2)20-4-3-5-21(12-20)28-11-10-26(38-28)17-32-23-9-7-22(13-23)30(36)37/h3-6,8,10-12,14,19,22-23,25,31-32,34H,7,9,13,15-17H2,1-2H3,(H,33,35)(H,36,37)/t19?,22-,23+/m1/s1. The molecule has 2 heterocycles. The first-order chi connectivity index (χ1) is 18.4. The van der Waals surface area contributed by atoms with Crippen molar-refractivity contribution in [3.8, 4) is 10.4 Å². The lowest BCUT2D eigenvalue weighted by molar-refractivity contribution is -0.141. The normalized spacial score (nSPS) is 20.1. The minimum absolute atomic E-state index is 0.0719. The van der Waals surface area contributed by atoms with Gasteiger partial charge in [-0.15, -0.1) is 11.3 Å². The number of hydrogen-bond acceptors (Lipinski definition) is 6. The SMILES string of the molecule is Cc1ccc(NC2CNC2)cc1C(=O)NC(C)c1cccc(-c2ccc(CN[C@H]3CC[C@@H](C(=O)O)C3)s2)c1. The Morgan fingerprint density at radius 3 is 2.66 bits per heavy atom. The predicted octanol–water partition coefficient (Wildman–Crippen LogP) is 4.94. The van der Waals surface area contributed by atoms with Crippen LogP contribution >= 0.6 is 11.3 Å². The third-order valence-electron chi connectivity index (χ3n) is 7.66. The zero-order valence-electron chi connectivity index (χ0n) is 21.9. The molecule has 5 N–H and O–H groups in total. The molecular weight excluding hydrogens is 496 g/mol. The molecule has 1 unspecified atom stereocenters. The summed E-state index contributed by atoms with van der Waals surface area (Å²) in [5.41, 5.74) is 4.80. The number of anilines is 1. The van der Waals surface area contributed by atoms with Crippen molar-refractivity contribution in [1.82, 2.24) is 16.0 Å². The summed E-state index contributed by atoms with van der Waals surface area (Å²) >= 11 is 1.74. The summed E-state index contributed by atoms with van der Waals surface area (Å²) in [6.45, 7) is 6.62. The van der Waals surface area contributed by atoms with Gasteiger partial charge in [0.15, 0.2) is 0 Å². The molecule has 0 bridgehead atoms. The van der Waals surface area contributed by atoms with Crippen LogP contribution in [0, 0.1) is 12.8 Å². The molecule has 1 amide bonds. The van der Waals surface area contributed by atoms with Crippen LogP contribution in [0.5, 0.6) is 0 Å². The van der Waals surface area contributed by atoms with E-state index >= 15 is 0 Å². The quantitative estimate of drug-likeness (QED) is 0.254. The molecule has 2 fully saturated rings. The zero-order valence-corrected chi connectivity index (χ0v) is 22.7. The Hall–Kier alpha value is -3.20. The molecule has 1 aliphatic carbocycles. The number of carboxylic acids is 1. The second kappa shape index (κ2) is 11.7. The van der Waals surface area contributed by atoms with E-state index in [0.29, 0.717) is 18.0 Å². The summed E-state index contributed by atoms with van der Waals surface area (Å²) in [6.07, 6.45) is 2.38. The average molecular weight is 533 g/mol. The Labute approximate surface area is 228 Å². The van der Waals surface area contributed by atoms with Gasteiger partial charge in [0.25, 0.3) is 5.91 Å². The van der Waals surface area contributed by atoms with Gasteiger partial charge < -0.3 is 26.4 Å². The van der Waals surface area contributed by atoms with Gasteiger partial charge in [0.2, 0.25) is 0 Å². The summed E-state index contributed by atoms with van der Waals surface area (Å²) in [7, 11) is 0. The maximum atomic E-state index is 13.2. The molecule has 38 heavy (non-hydrogen) atoms. The number of aryl methyl sites for hydroxylation is 1. The lowest BCUT2D eigenvalue weighted by atomic mass is 10.0. The topological polar surface area (TPSA) is 102 Å². The van der Waals surface area contributed by atoms with E-state index in [1.165, 1.54) is 9.75 Å². The van der Waals surface area contributed by atoms with Gasteiger partial charge in [-0.25, -0.2) is 0 Å². The van der Waals surface area contributed by atoms with E-state index in [2.05, 4.69) is 51.6 Å². The van der Waals surface area contributed by atoms with E-state index in [0.717, 1.165) is 54.9 Å². The maximum absolute atomic E-state index is 13.2. The van der Waals surface area contributed by atoms with Crippen LogP contribution in [0.1, 0.15) is 58.6 Å². The zero-order chi connectivity index (χ0) is 26.6. The molecule has 5 rings (SSSR count). The molecule has 1 saturated carbocycles. The summed E-state index contributed by atoms with van der Waals surface area (Å²) in [6, 6.07) is 19.1. The molecule has 3 atom stereocenters. The van der Waals surface area contributed by atoms with E-state index in [-0.39, 0.29) is 23.9 Å². The first-order valence-corrected chi connectivity index (χ1v) is 14.2. The van der Waals surface area contributed by atoms with Crippen molar-refractivity contribution >= 4 is 28.9 Å². The van der Waals surface area contributed by atoms with E-state index in [1.54, 1.807) is 11.3 Å². The van der Waals surface area contributed by atoms with E-state index in [4.69, 9.17) is 0 Å². The molecule has 200 valence electrons. The summed E-state index contributed by atoms with van der Waals surface area (Å²) < 4.78 is 0. The Morgan fingerprint density at radius 2 is 1.92 bits per heavy atom. The van der Waals surface area contributed by atoms with Gasteiger partial charge in [0, 0.05) is 46.7 Å². The van der Waals surface area contributed by atoms with Gasteiger partial charge in [-0.05, 0) is 80.1 Å². The highest BCUT2D eigenvalue weighted by Gasteiger charge is 2.29. The van der Waals surface area contributed by atoms with Gasteiger partial charge in [-0.2, -0.15) is 0 Å². The molecule has 1 aliphatic heterocycles. The van der Waals surface area contributed by atoms with E-state index in [1.807, 2.05) is 38.1 Å². The largest absolute Gasteiger partial charge is 0.481 e. The second-order valence-corrected chi connectivity index (χ2v) is 11.7. The van der Waals surface area contributed by atoms with Crippen molar-refractivity contribution in [2.75, 3.05) is 18.4 Å². The van der Waals surface area contributed by atoms with Crippen LogP contribution in [0.2, 0.25) is 0 Å². The van der Waals surface area contributed by atoms with Crippen molar-refractivity contribution in [3.05, 3.63) is 76.2 Å². The van der Waals surface area contributed by atoms with Crippen LogP contribution in [-0.4, -0.2) is 42.2 Å². The maximum Gasteiger partial charge on any atom is 0.306 e. The average Bonchev–Trinajstić information content (AvgIpc) is 3.56. The number of carboxylic acid groups (broad SMARTS) is 1. The highest BCUT2D eigenvalue weighted by molar-refractivity contribution is 7.15. The third kappa shape index (κ3) is 6.26. The van der Waals surface area contributed by atoms with Gasteiger partial charge >= 0.3 is 5.97 Å². The van der Waals surface area contributed by atoms with Crippen LogP contribution in [0.15, 0.2) is 54.6 Å². The third-order valence-corrected chi connectivity index (χ3v) is 8.80. The number of nitrogens with one attached hydrogen (secondary N) is 4. The Morgan fingerprint density at radius 1 is 1.08 bits per heavy atom. The number of hydrogen-bond donors (Lipinski definition) is 5. The molecule has 8 heteroatoms. The molecule has 0 spiro atoms. The first kappa shape index (κ1) is 26.4. The molecule has 2 aliphatic rings. The Balaban J connectivity index is 1.20. The number of aliphatic carboxylic acids is 1. The molecule has 7 nitrogen and oxygen atoms in total. The number of thiophene rings is 1. The van der Waals surface area contributed by atoms with E-state index < -0.39 is 5.97 Å². The van der Waals surface area contributed by atoms with Crippen LogP contribution in [0.3, 0.4) is 0 Å². The number of benzene rings is 2.